The Morgan fingerprint density at radius 1 is 1.28 bits per heavy atom. The van der Waals surface area contributed by atoms with E-state index in [2.05, 4.69) is 10.4 Å². The molecule has 10 heteroatoms. The summed E-state index contributed by atoms with van der Waals surface area (Å²) in [5.41, 5.74) is 1.09. The molecule has 2 rings (SSSR count). The van der Waals surface area contributed by atoms with E-state index < -0.39 is 9.85 Å². The number of hydrogen-bond donors (Lipinski definition) is 1. The van der Waals surface area contributed by atoms with Crippen LogP contribution in [0.15, 0.2) is 36.4 Å². The zero-order valence-electron chi connectivity index (χ0n) is 13.3. The molecule has 0 aliphatic rings. The highest BCUT2D eigenvalue weighted by atomic mass is 16.6. The summed E-state index contributed by atoms with van der Waals surface area (Å²) < 4.78 is 1.43. The van der Waals surface area contributed by atoms with Crippen LogP contribution in [0.4, 0.5) is 11.5 Å². The lowest BCUT2D eigenvalue weighted by Gasteiger charge is -2.01. The van der Waals surface area contributed by atoms with Gasteiger partial charge >= 0.3 is 5.82 Å². The number of nitro benzene ring substituents is 1. The van der Waals surface area contributed by atoms with Crippen LogP contribution in [-0.2, 0) is 11.3 Å². The van der Waals surface area contributed by atoms with Crippen LogP contribution in [0, 0.1) is 27.2 Å². The number of rotatable bonds is 7. The number of hydrogen-bond acceptors (Lipinski definition) is 6. The van der Waals surface area contributed by atoms with E-state index in [0.29, 0.717) is 11.3 Å². The smallest absolute Gasteiger partial charge is 0.358 e. The molecule has 0 fully saturated rings. The van der Waals surface area contributed by atoms with Crippen LogP contribution in [-0.4, -0.2) is 32.1 Å². The number of carbonyl (C=O) groups excluding carboxylic acids is 1. The number of non-ortho nitro benzene ring substituents is 1. The van der Waals surface area contributed by atoms with E-state index in [1.54, 1.807) is 13.0 Å². The van der Waals surface area contributed by atoms with Crippen molar-refractivity contribution in [1.82, 2.24) is 15.1 Å². The van der Waals surface area contributed by atoms with E-state index in [4.69, 9.17) is 0 Å². The second kappa shape index (κ2) is 7.81. The molecule has 130 valence electrons. The topological polar surface area (TPSA) is 133 Å². The Balaban J connectivity index is 1.87. The highest BCUT2D eigenvalue weighted by Gasteiger charge is 2.14. The first kappa shape index (κ1) is 17.8. The Hall–Kier alpha value is -3.56. The van der Waals surface area contributed by atoms with E-state index in [0.717, 1.165) is 0 Å². The van der Waals surface area contributed by atoms with Gasteiger partial charge in [0, 0.05) is 24.8 Å². The number of carbonyl (C=O) groups is 1. The van der Waals surface area contributed by atoms with Gasteiger partial charge in [0.25, 0.3) is 5.69 Å². The molecule has 0 radical (unpaired) electrons. The van der Waals surface area contributed by atoms with Gasteiger partial charge < -0.3 is 15.4 Å². The summed E-state index contributed by atoms with van der Waals surface area (Å²) in [6, 6.07) is 7.25. The predicted octanol–water partition coefficient (Wildman–Crippen LogP) is 1.84. The third-order valence-corrected chi connectivity index (χ3v) is 3.29. The van der Waals surface area contributed by atoms with Crippen LogP contribution in [0.1, 0.15) is 11.3 Å². The van der Waals surface area contributed by atoms with Gasteiger partial charge in [-0.2, -0.15) is 4.68 Å². The molecule has 0 aliphatic heterocycles. The minimum atomic E-state index is -0.579. The number of aryl methyl sites for hydroxylation is 1. The summed E-state index contributed by atoms with van der Waals surface area (Å²) in [5.74, 6) is -0.625. The van der Waals surface area contributed by atoms with Gasteiger partial charge in [0.05, 0.1) is 28.3 Å². The van der Waals surface area contributed by atoms with E-state index in [1.165, 1.54) is 41.1 Å². The van der Waals surface area contributed by atoms with Crippen LogP contribution in [0.25, 0.3) is 6.08 Å². The monoisotopic (exact) mass is 345 g/mol. The standard InChI is InChI=1S/C15H15N5O5/c1-11-9-14(20(24)25)17-18(11)8-7-16-15(21)6-5-12-3-2-4-13(10-12)19(22)23/h2-6,9-10H,7-8H2,1H3,(H,16,21)/b6-5+. The lowest BCUT2D eigenvalue weighted by molar-refractivity contribution is -0.389. The van der Waals surface area contributed by atoms with Crippen LogP contribution in [0.2, 0.25) is 0 Å². The molecule has 0 saturated heterocycles. The minimum Gasteiger partial charge on any atom is -0.358 e. The van der Waals surface area contributed by atoms with Crippen molar-refractivity contribution in [3.8, 4) is 0 Å². The van der Waals surface area contributed by atoms with Crippen molar-refractivity contribution in [2.45, 2.75) is 13.5 Å². The van der Waals surface area contributed by atoms with Gasteiger partial charge in [-0.15, -0.1) is 0 Å². The van der Waals surface area contributed by atoms with Gasteiger partial charge in [0.1, 0.15) is 0 Å². The Bertz CT molecular complexity index is 843. The molecule has 1 aromatic heterocycles. The average Bonchev–Trinajstić information content (AvgIpc) is 2.94. The summed E-state index contributed by atoms with van der Waals surface area (Å²) >= 11 is 0. The van der Waals surface area contributed by atoms with E-state index >= 15 is 0 Å². The molecule has 1 heterocycles. The fraction of sp³-hybridized carbons (Fsp3) is 0.200. The fourth-order valence-electron chi connectivity index (χ4n) is 2.07. The molecule has 0 spiro atoms. The zero-order valence-corrected chi connectivity index (χ0v) is 13.3. The Kier molecular flexibility index (Phi) is 5.56. The molecule has 1 N–H and O–H groups in total. The lowest BCUT2D eigenvalue weighted by atomic mass is 10.2. The minimum absolute atomic E-state index is 0.0571. The molecule has 0 saturated carbocycles. The fourth-order valence-corrected chi connectivity index (χ4v) is 2.07. The first-order valence-corrected chi connectivity index (χ1v) is 7.26. The van der Waals surface area contributed by atoms with E-state index in [9.17, 15) is 25.0 Å². The highest BCUT2D eigenvalue weighted by Crippen LogP contribution is 2.14. The van der Waals surface area contributed by atoms with Gasteiger partial charge in [-0.3, -0.25) is 14.9 Å². The van der Waals surface area contributed by atoms with Gasteiger partial charge in [0.2, 0.25) is 5.91 Å². The normalized spacial score (nSPS) is 10.8. The first-order chi connectivity index (χ1) is 11.9. The second-order valence-corrected chi connectivity index (χ2v) is 5.10. The summed E-state index contributed by atoms with van der Waals surface area (Å²) in [6.45, 7) is 2.21. The molecular weight excluding hydrogens is 330 g/mol. The van der Waals surface area contributed by atoms with Gasteiger partial charge in [-0.05, 0) is 23.5 Å². The van der Waals surface area contributed by atoms with Crippen molar-refractivity contribution >= 4 is 23.5 Å². The molecule has 10 nitrogen and oxygen atoms in total. The van der Waals surface area contributed by atoms with Crippen molar-refractivity contribution in [3.63, 3.8) is 0 Å². The molecule has 1 aromatic carbocycles. The summed E-state index contributed by atoms with van der Waals surface area (Å²) in [4.78, 5) is 32.0. The number of nitrogens with zero attached hydrogens (tertiary/aromatic N) is 4. The largest absolute Gasteiger partial charge is 0.390 e. The van der Waals surface area contributed by atoms with Crippen LogP contribution >= 0.6 is 0 Å². The zero-order chi connectivity index (χ0) is 18.4. The summed E-state index contributed by atoms with van der Waals surface area (Å²) in [7, 11) is 0. The SMILES string of the molecule is Cc1cc([N+](=O)[O-])nn1CCNC(=O)/C=C/c1cccc([N+](=O)[O-])c1. The Morgan fingerprint density at radius 2 is 2.04 bits per heavy atom. The average molecular weight is 345 g/mol. The molecule has 0 unspecified atom stereocenters. The molecule has 0 aliphatic carbocycles. The molecule has 1 amide bonds. The summed E-state index contributed by atoms with van der Waals surface area (Å²) in [5, 5.41) is 27.8. The maximum absolute atomic E-state index is 11.8. The van der Waals surface area contributed by atoms with Crippen LogP contribution in [0.3, 0.4) is 0 Å². The Labute approximate surface area is 142 Å². The number of nitro groups is 2. The van der Waals surface area contributed by atoms with Gasteiger partial charge in [-0.25, -0.2) is 0 Å². The lowest BCUT2D eigenvalue weighted by Crippen LogP contribution is -2.26. The van der Waals surface area contributed by atoms with E-state index in [1.807, 2.05) is 0 Å². The maximum Gasteiger partial charge on any atom is 0.390 e. The van der Waals surface area contributed by atoms with Crippen LogP contribution in [0.5, 0.6) is 0 Å². The van der Waals surface area contributed by atoms with Gasteiger partial charge in [0.15, 0.2) is 0 Å². The molecule has 0 bridgehead atoms. The van der Waals surface area contributed by atoms with Crippen molar-refractivity contribution in [2.75, 3.05) is 6.54 Å². The molecular formula is C15H15N5O5. The van der Waals surface area contributed by atoms with Crippen LogP contribution < -0.4 is 5.32 Å². The quantitative estimate of drug-likeness (QED) is 0.462. The highest BCUT2D eigenvalue weighted by molar-refractivity contribution is 5.91. The van der Waals surface area contributed by atoms with Crippen molar-refractivity contribution < 1.29 is 14.6 Å². The third-order valence-electron chi connectivity index (χ3n) is 3.29. The molecule has 25 heavy (non-hydrogen) atoms. The van der Waals surface area contributed by atoms with Crippen molar-refractivity contribution in [1.29, 1.82) is 0 Å². The Morgan fingerprint density at radius 3 is 2.68 bits per heavy atom. The second-order valence-electron chi connectivity index (χ2n) is 5.10. The third kappa shape index (κ3) is 4.96. The summed E-state index contributed by atoms with van der Waals surface area (Å²) in [6.07, 6.45) is 2.73. The molecule has 0 atom stereocenters. The van der Waals surface area contributed by atoms with Crippen molar-refractivity contribution in [3.05, 3.63) is 67.9 Å². The van der Waals surface area contributed by atoms with Crippen molar-refractivity contribution in [2.24, 2.45) is 0 Å². The van der Waals surface area contributed by atoms with E-state index in [-0.39, 0.29) is 30.5 Å². The molecule has 2 aromatic rings. The number of aromatic nitrogens is 2. The maximum atomic E-state index is 11.8. The number of benzene rings is 1. The number of amides is 1. The van der Waals surface area contributed by atoms with Gasteiger partial charge in [-0.1, -0.05) is 12.1 Å². The predicted molar refractivity (Wildman–Crippen MR) is 88.8 cm³/mol. The first-order valence-electron chi connectivity index (χ1n) is 7.26. The number of nitrogens with one attached hydrogen (secondary N) is 1.